The van der Waals surface area contributed by atoms with Crippen LogP contribution in [0.25, 0.3) is 0 Å². The molecule has 5 nitrogen and oxygen atoms in total. The third-order valence-corrected chi connectivity index (χ3v) is 3.36. The quantitative estimate of drug-likeness (QED) is 0.642. The van der Waals surface area contributed by atoms with Gasteiger partial charge in [-0.15, -0.1) is 0 Å². The van der Waals surface area contributed by atoms with Crippen LogP contribution in [-0.2, 0) is 6.42 Å². The van der Waals surface area contributed by atoms with Gasteiger partial charge in [-0.2, -0.15) is 0 Å². The number of hydrazine groups is 1. The molecule has 0 radical (unpaired) electrons. The first-order valence-electron chi connectivity index (χ1n) is 6.52. The molecule has 0 amide bonds. The summed E-state index contributed by atoms with van der Waals surface area (Å²) in [5, 5.41) is 0. The minimum absolute atomic E-state index is 0.0265. The van der Waals surface area contributed by atoms with Crippen LogP contribution < -0.4 is 16.0 Å². The summed E-state index contributed by atoms with van der Waals surface area (Å²) in [6.45, 7) is 4.19. The number of nitrogens with one attached hydrogen (secondary N) is 1. The highest BCUT2D eigenvalue weighted by Gasteiger charge is 2.13. The Morgan fingerprint density at radius 2 is 1.95 bits per heavy atom. The van der Waals surface area contributed by atoms with Gasteiger partial charge in [0, 0.05) is 18.0 Å². The van der Waals surface area contributed by atoms with Gasteiger partial charge in [0.1, 0.15) is 0 Å². The number of nitrogens with two attached hydrogens (primary N) is 1. The van der Waals surface area contributed by atoms with Gasteiger partial charge in [-0.05, 0) is 31.4 Å². The lowest BCUT2D eigenvalue weighted by Gasteiger charge is -2.17. The van der Waals surface area contributed by atoms with Gasteiger partial charge in [0.15, 0.2) is 0 Å². The predicted molar refractivity (Wildman–Crippen MR) is 78.3 cm³/mol. The first kappa shape index (κ1) is 14.4. The fourth-order valence-corrected chi connectivity index (χ4v) is 2.12. The highest BCUT2D eigenvalue weighted by atomic mass is 16.5. The number of aryl methyl sites for hydroxylation is 2. The van der Waals surface area contributed by atoms with Crippen LogP contribution in [0.3, 0.4) is 0 Å². The van der Waals surface area contributed by atoms with Crippen molar-refractivity contribution in [1.29, 1.82) is 0 Å². The summed E-state index contributed by atoms with van der Waals surface area (Å²) in [7, 11) is 1.55. The largest absolute Gasteiger partial charge is 0.467 e. The van der Waals surface area contributed by atoms with Gasteiger partial charge in [-0.1, -0.05) is 23.8 Å². The molecule has 0 fully saturated rings. The molecule has 1 atom stereocenters. The summed E-state index contributed by atoms with van der Waals surface area (Å²) in [4.78, 5) is 8.24. The third-order valence-electron chi connectivity index (χ3n) is 3.36. The maximum Gasteiger partial charge on any atom is 0.316 e. The number of methoxy groups -OCH3 is 1. The Bertz CT molecular complexity index is 569. The molecule has 1 aromatic carbocycles. The molecule has 0 aliphatic heterocycles. The van der Waals surface area contributed by atoms with E-state index in [9.17, 15) is 0 Å². The maximum absolute atomic E-state index is 5.67. The Labute approximate surface area is 119 Å². The number of hydrogen-bond donors (Lipinski definition) is 2. The zero-order valence-corrected chi connectivity index (χ0v) is 12.1. The van der Waals surface area contributed by atoms with Gasteiger partial charge in [0.2, 0.25) is 0 Å². The maximum atomic E-state index is 5.67. The fourth-order valence-electron chi connectivity index (χ4n) is 2.12. The van der Waals surface area contributed by atoms with Crippen LogP contribution in [0.4, 0.5) is 0 Å². The Morgan fingerprint density at radius 1 is 1.25 bits per heavy atom. The molecule has 1 unspecified atom stereocenters. The summed E-state index contributed by atoms with van der Waals surface area (Å²) in [5.41, 5.74) is 7.53. The van der Waals surface area contributed by atoms with Crippen LogP contribution in [0, 0.1) is 13.8 Å². The Balaban J connectivity index is 2.21. The molecule has 106 valence electrons. The minimum Gasteiger partial charge on any atom is -0.467 e. The van der Waals surface area contributed by atoms with Gasteiger partial charge in [0.05, 0.1) is 13.2 Å². The zero-order chi connectivity index (χ0) is 14.5. The molecule has 1 heterocycles. The van der Waals surface area contributed by atoms with Crippen molar-refractivity contribution in [3.63, 3.8) is 0 Å². The van der Waals surface area contributed by atoms with Crippen LogP contribution in [-0.4, -0.2) is 17.1 Å². The topological polar surface area (TPSA) is 73.1 Å². The van der Waals surface area contributed by atoms with Crippen molar-refractivity contribution >= 4 is 0 Å². The van der Waals surface area contributed by atoms with E-state index in [4.69, 9.17) is 10.6 Å². The smallest absolute Gasteiger partial charge is 0.316 e. The van der Waals surface area contributed by atoms with E-state index in [1.54, 1.807) is 19.5 Å². The Hall–Kier alpha value is -1.98. The van der Waals surface area contributed by atoms with Crippen LogP contribution in [0.2, 0.25) is 0 Å². The summed E-state index contributed by atoms with van der Waals surface area (Å²) in [6.07, 6.45) is 4.27. The van der Waals surface area contributed by atoms with Crippen molar-refractivity contribution in [2.45, 2.75) is 26.3 Å². The van der Waals surface area contributed by atoms with E-state index in [-0.39, 0.29) is 6.04 Å². The third kappa shape index (κ3) is 3.31. The summed E-state index contributed by atoms with van der Waals surface area (Å²) in [5.74, 6) is 5.67. The number of aromatic nitrogens is 2. The molecule has 0 saturated carbocycles. The summed E-state index contributed by atoms with van der Waals surface area (Å²) >= 11 is 0. The van der Waals surface area contributed by atoms with E-state index in [2.05, 4.69) is 47.4 Å². The lowest BCUT2D eigenvalue weighted by molar-refractivity contribution is 0.378. The van der Waals surface area contributed by atoms with Gasteiger partial charge in [-0.25, -0.2) is 9.97 Å². The van der Waals surface area contributed by atoms with Crippen molar-refractivity contribution < 1.29 is 4.74 Å². The zero-order valence-electron chi connectivity index (χ0n) is 12.1. The molecule has 3 N–H and O–H groups in total. The minimum atomic E-state index is -0.0265. The molecule has 0 spiro atoms. The molecule has 0 aliphatic carbocycles. The van der Waals surface area contributed by atoms with Crippen LogP contribution >= 0.6 is 0 Å². The van der Waals surface area contributed by atoms with Crippen molar-refractivity contribution in [2.75, 3.05) is 7.11 Å². The number of nitrogens with zero attached hydrogens (tertiary/aromatic N) is 2. The van der Waals surface area contributed by atoms with Gasteiger partial charge in [0.25, 0.3) is 0 Å². The Kier molecular flexibility index (Phi) is 4.65. The molecule has 0 saturated heterocycles. The highest BCUT2D eigenvalue weighted by molar-refractivity contribution is 5.32. The number of ether oxygens (including phenoxy) is 1. The van der Waals surface area contributed by atoms with E-state index in [0.717, 1.165) is 12.0 Å². The highest BCUT2D eigenvalue weighted by Crippen LogP contribution is 2.20. The normalized spacial score (nSPS) is 12.2. The number of benzene rings is 1. The lowest BCUT2D eigenvalue weighted by atomic mass is 9.96. The number of rotatable bonds is 5. The second-order valence-corrected chi connectivity index (χ2v) is 4.86. The van der Waals surface area contributed by atoms with Gasteiger partial charge < -0.3 is 4.74 Å². The summed E-state index contributed by atoms with van der Waals surface area (Å²) in [6, 6.07) is 6.75. The van der Waals surface area contributed by atoms with E-state index in [0.29, 0.717) is 6.01 Å². The second-order valence-electron chi connectivity index (χ2n) is 4.86. The van der Waals surface area contributed by atoms with E-state index >= 15 is 0 Å². The molecule has 5 heteroatoms. The standard InChI is InChI=1S/C15H20N4O/c1-10-4-5-11(2)12(6-10)7-14(19-16)13-8-17-15(20-3)18-9-13/h4-6,8-9,14,19H,7,16H2,1-3H3. The molecular weight excluding hydrogens is 252 g/mol. The molecule has 2 rings (SSSR count). The monoisotopic (exact) mass is 272 g/mol. The first-order chi connectivity index (χ1) is 9.63. The van der Waals surface area contributed by atoms with E-state index in [1.165, 1.54) is 16.7 Å². The van der Waals surface area contributed by atoms with Crippen molar-refractivity contribution in [3.8, 4) is 6.01 Å². The van der Waals surface area contributed by atoms with Crippen molar-refractivity contribution in [2.24, 2.45) is 5.84 Å². The van der Waals surface area contributed by atoms with Crippen LogP contribution in [0.1, 0.15) is 28.3 Å². The Morgan fingerprint density at radius 3 is 2.55 bits per heavy atom. The van der Waals surface area contributed by atoms with Crippen LogP contribution in [0.15, 0.2) is 30.6 Å². The molecule has 1 aromatic heterocycles. The van der Waals surface area contributed by atoms with Gasteiger partial charge >= 0.3 is 6.01 Å². The first-order valence-corrected chi connectivity index (χ1v) is 6.52. The van der Waals surface area contributed by atoms with Crippen molar-refractivity contribution in [3.05, 3.63) is 52.8 Å². The van der Waals surface area contributed by atoms with Crippen molar-refractivity contribution in [1.82, 2.24) is 15.4 Å². The average molecular weight is 272 g/mol. The second kappa shape index (κ2) is 6.45. The average Bonchev–Trinajstić information content (AvgIpc) is 2.48. The fraction of sp³-hybridized carbons (Fsp3) is 0.333. The number of hydrogen-bond acceptors (Lipinski definition) is 5. The SMILES string of the molecule is COc1ncc(C(Cc2cc(C)ccc2C)NN)cn1. The van der Waals surface area contributed by atoms with E-state index < -0.39 is 0 Å². The molecule has 0 aliphatic rings. The van der Waals surface area contributed by atoms with Crippen LogP contribution in [0.5, 0.6) is 6.01 Å². The molecule has 2 aromatic rings. The van der Waals surface area contributed by atoms with Gasteiger partial charge in [-0.3, -0.25) is 11.3 Å². The van der Waals surface area contributed by atoms with E-state index in [1.807, 2.05) is 0 Å². The predicted octanol–water partition coefficient (Wildman–Crippen LogP) is 1.85. The summed E-state index contributed by atoms with van der Waals surface area (Å²) < 4.78 is 4.96. The molecule has 20 heavy (non-hydrogen) atoms. The lowest BCUT2D eigenvalue weighted by Crippen LogP contribution is -2.30. The molecule has 0 bridgehead atoms. The molecular formula is C15H20N4O.